The molecular weight excluding hydrogens is 235 g/mol. The lowest BCUT2D eigenvalue weighted by Gasteiger charge is -2.32. The molecule has 0 unspecified atom stereocenters. The van der Waals surface area contributed by atoms with Crippen molar-refractivity contribution in [1.29, 1.82) is 0 Å². The van der Waals surface area contributed by atoms with Crippen molar-refractivity contribution >= 4 is 7.12 Å². The zero-order valence-electron chi connectivity index (χ0n) is 13.7. The van der Waals surface area contributed by atoms with Gasteiger partial charge in [-0.15, -0.1) is 0 Å². The SMILES string of the molecule is CC(C)=CCC/C(C)=C/CB1OC(C)(C)C(C)(C)O1. The average Bonchev–Trinajstić information content (AvgIpc) is 2.44. The Balaban J connectivity index is 2.43. The first-order valence-electron chi connectivity index (χ1n) is 7.29. The van der Waals surface area contributed by atoms with Gasteiger partial charge in [0, 0.05) is 6.32 Å². The lowest BCUT2D eigenvalue weighted by atomic mass is 9.84. The van der Waals surface area contributed by atoms with Gasteiger partial charge in [-0.3, -0.25) is 0 Å². The number of hydrogen-bond acceptors (Lipinski definition) is 2. The molecule has 0 N–H and O–H groups in total. The molecule has 0 radical (unpaired) electrons. The van der Waals surface area contributed by atoms with Crippen molar-refractivity contribution < 1.29 is 9.31 Å². The lowest BCUT2D eigenvalue weighted by molar-refractivity contribution is 0.00578. The zero-order valence-corrected chi connectivity index (χ0v) is 13.7. The summed E-state index contributed by atoms with van der Waals surface area (Å²) in [5, 5.41) is 0. The highest BCUT2D eigenvalue weighted by Crippen LogP contribution is 2.37. The van der Waals surface area contributed by atoms with Crippen LogP contribution in [0.3, 0.4) is 0 Å². The van der Waals surface area contributed by atoms with Crippen LogP contribution in [-0.4, -0.2) is 18.3 Å². The van der Waals surface area contributed by atoms with E-state index in [4.69, 9.17) is 9.31 Å². The molecule has 3 heteroatoms. The molecule has 1 rings (SSSR count). The maximum atomic E-state index is 5.98. The van der Waals surface area contributed by atoms with Gasteiger partial charge in [-0.05, 0) is 61.3 Å². The average molecular weight is 264 g/mol. The third kappa shape index (κ3) is 4.81. The molecule has 19 heavy (non-hydrogen) atoms. The number of allylic oxidation sites excluding steroid dienone is 4. The van der Waals surface area contributed by atoms with E-state index in [1.807, 2.05) is 0 Å². The predicted octanol–water partition coefficient (Wildman–Crippen LogP) is 4.77. The predicted molar refractivity (Wildman–Crippen MR) is 83.3 cm³/mol. The van der Waals surface area contributed by atoms with Gasteiger partial charge < -0.3 is 9.31 Å². The van der Waals surface area contributed by atoms with Crippen LogP contribution >= 0.6 is 0 Å². The van der Waals surface area contributed by atoms with Crippen LogP contribution in [0.15, 0.2) is 23.3 Å². The van der Waals surface area contributed by atoms with Gasteiger partial charge >= 0.3 is 7.12 Å². The first-order valence-corrected chi connectivity index (χ1v) is 7.29. The van der Waals surface area contributed by atoms with Crippen LogP contribution in [-0.2, 0) is 9.31 Å². The molecular formula is C16H29BO2. The Bertz CT molecular complexity index is 347. The molecule has 0 amide bonds. The molecule has 0 saturated carbocycles. The first-order chi connectivity index (χ1) is 8.64. The fourth-order valence-electron chi connectivity index (χ4n) is 2.05. The molecule has 108 valence electrons. The Hall–Kier alpha value is -0.535. The van der Waals surface area contributed by atoms with Crippen molar-refractivity contribution in [2.24, 2.45) is 0 Å². The third-order valence-corrected chi connectivity index (χ3v) is 4.05. The maximum Gasteiger partial charge on any atom is 0.461 e. The maximum absolute atomic E-state index is 5.98. The molecule has 1 aliphatic heterocycles. The van der Waals surface area contributed by atoms with E-state index in [0.29, 0.717) is 0 Å². The highest BCUT2D eigenvalue weighted by molar-refractivity contribution is 6.46. The molecule has 2 nitrogen and oxygen atoms in total. The molecule has 1 fully saturated rings. The van der Waals surface area contributed by atoms with E-state index in [2.05, 4.69) is 60.6 Å². The quantitative estimate of drug-likeness (QED) is 0.526. The molecule has 1 saturated heterocycles. The van der Waals surface area contributed by atoms with Crippen LogP contribution in [0.1, 0.15) is 61.3 Å². The normalized spacial score (nSPS) is 21.6. The van der Waals surface area contributed by atoms with Crippen molar-refractivity contribution in [3.63, 3.8) is 0 Å². The van der Waals surface area contributed by atoms with Crippen molar-refractivity contribution in [3.8, 4) is 0 Å². The van der Waals surface area contributed by atoms with E-state index in [9.17, 15) is 0 Å². The monoisotopic (exact) mass is 264 g/mol. The fourth-order valence-corrected chi connectivity index (χ4v) is 2.05. The van der Waals surface area contributed by atoms with Gasteiger partial charge in [-0.1, -0.05) is 23.3 Å². The van der Waals surface area contributed by atoms with E-state index in [0.717, 1.165) is 19.2 Å². The van der Waals surface area contributed by atoms with Crippen molar-refractivity contribution in [3.05, 3.63) is 23.3 Å². The summed E-state index contributed by atoms with van der Waals surface area (Å²) in [6.45, 7) is 14.9. The smallest absolute Gasteiger partial charge is 0.403 e. The fraction of sp³-hybridized carbons (Fsp3) is 0.750. The molecule has 0 aromatic heterocycles. The molecule has 0 aromatic rings. The summed E-state index contributed by atoms with van der Waals surface area (Å²) in [6.07, 6.45) is 7.61. The summed E-state index contributed by atoms with van der Waals surface area (Å²) >= 11 is 0. The summed E-state index contributed by atoms with van der Waals surface area (Å²) in [5.41, 5.74) is 2.36. The minimum absolute atomic E-state index is 0.108. The number of rotatable bonds is 5. The molecule has 0 atom stereocenters. The van der Waals surface area contributed by atoms with Gasteiger partial charge in [-0.2, -0.15) is 0 Å². The zero-order chi connectivity index (χ0) is 14.7. The van der Waals surface area contributed by atoms with E-state index in [1.54, 1.807) is 0 Å². The summed E-state index contributed by atoms with van der Waals surface area (Å²) in [7, 11) is -0.108. The summed E-state index contributed by atoms with van der Waals surface area (Å²) in [4.78, 5) is 0. The van der Waals surface area contributed by atoms with Crippen LogP contribution in [0, 0.1) is 0 Å². The molecule has 0 aromatic carbocycles. The Morgan fingerprint density at radius 3 is 1.95 bits per heavy atom. The van der Waals surface area contributed by atoms with Gasteiger partial charge in [0.25, 0.3) is 0 Å². The minimum atomic E-state index is -0.221. The molecule has 0 aliphatic carbocycles. The summed E-state index contributed by atoms with van der Waals surface area (Å²) in [5.74, 6) is 0. The van der Waals surface area contributed by atoms with Crippen molar-refractivity contribution in [2.45, 2.75) is 78.8 Å². The lowest BCUT2D eigenvalue weighted by Crippen LogP contribution is -2.41. The van der Waals surface area contributed by atoms with Crippen molar-refractivity contribution in [1.82, 2.24) is 0 Å². The van der Waals surface area contributed by atoms with E-state index < -0.39 is 0 Å². The Labute approximate surface area is 119 Å². The van der Waals surface area contributed by atoms with Crippen LogP contribution in [0.5, 0.6) is 0 Å². The van der Waals surface area contributed by atoms with Gasteiger partial charge in [0.2, 0.25) is 0 Å². The van der Waals surface area contributed by atoms with Crippen LogP contribution in [0.2, 0.25) is 6.32 Å². The second-order valence-corrected chi connectivity index (χ2v) is 6.79. The second kappa shape index (κ2) is 6.28. The van der Waals surface area contributed by atoms with Gasteiger partial charge in [0.1, 0.15) is 0 Å². The van der Waals surface area contributed by atoms with Crippen LogP contribution in [0.25, 0.3) is 0 Å². The first kappa shape index (κ1) is 16.5. The topological polar surface area (TPSA) is 18.5 Å². The molecule has 1 heterocycles. The molecule has 1 aliphatic rings. The Kier molecular flexibility index (Phi) is 5.46. The minimum Gasteiger partial charge on any atom is -0.403 e. The summed E-state index contributed by atoms with van der Waals surface area (Å²) in [6, 6.07) is 0. The number of hydrogen-bond donors (Lipinski definition) is 0. The highest BCUT2D eigenvalue weighted by Gasteiger charge is 2.50. The summed E-state index contributed by atoms with van der Waals surface area (Å²) < 4.78 is 12.0. The van der Waals surface area contributed by atoms with Gasteiger partial charge in [0.05, 0.1) is 11.2 Å². The van der Waals surface area contributed by atoms with E-state index >= 15 is 0 Å². The van der Waals surface area contributed by atoms with E-state index in [1.165, 1.54) is 11.1 Å². The van der Waals surface area contributed by atoms with Gasteiger partial charge in [0.15, 0.2) is 0 Å². The molecule has 0 spiro atoms. The largest absolute Gasteiger partial charge is 0.461 e. The van der Waals surface area contributed by atoms with Crippen LogP contribution in [0.4, 0.5) is 0 Å². The van der Waals surface area contributed by atoms with Gasteiger partial charge in [-0.25, -0.2) is 0 Å². The highest BCUT2D eigenvalue weighted by atomic mass is 16.7. The third-order valence-electron chi connectivity index (χ3n) is 4.05. The van der Waals surface area contributed by atoms with E-state index in [-0.39, 0.29) is 18.3 Å². The Morgan fingerprint density at radius 1 is 0.947 bits per heavy atom. The molecule has 0 bridgehead atoms. The standard InChI is InChI=1S/C16H29BO2/c1-13(2)9-8-10-14(3)11-12-17-18-15(4,5)16(6,7)19-17/h9,11H,8,10,12H2,1-7H3/b14-11+. The second-order valence-electron chi connectivity index (χ2n) is 6.79. The van der Waals surface area contributed by atoms with Crippen molar-refractivity contribution in [2.75, 3.05) is 0 Å². The van der Waals surface area contributed by atoms with Crippen LogP contribution < -0.4 is 0 Å². The Morgan fingerprint density at radius 2 is 1.47 bits per heavy atom.